The number of thiophene rings is 1. The molecule has 0 aliphatic heterocycles. The molecule has 0 spiro atoms. The Hall–Kier alpha value is -1.73. The lowest BCUT2D eigenvalue weighted by Crippen LogP contribution is -2.45. The second-order valence-corrected chi connectivity index (χ2v) is 6.91. The molecule has 0 aliphatic carbocycles. The summed E-state index contributed by atoms with van der Waals surface area (Å²) in [5, 5.41) is 8.83. The van der Waals surface area contributed by atoms with Crippen LogP contribution in [-0.4, -0.2) is 40.1 Å². The Labute approximate surface area is 128 Å². The molecule has 1 amide bonds. The number of hydrogen-bond acceptors (Lipinski definition) is 6. The average Bonchev–Trinajstić information content (AvgIpc) is 2.94. The number of likely N-dealkylation sites (N-methyl/N-ethyl adjacent to an activating group) is 1. The summed E-state index contributed by atoms with van der Waals surface area (Å²) in [7, 11) is 1.84. The van der Waals surface area contributed by atoms with Crippen LogP contribution in [0.15, 0.2) is 22.0 Å². The molecule has 0 saturated heterocycles. The first kappa shape index (κ1) is 15.7. The predicted molar refractivity (Wildman–Crippen MR) is 81.8 cm³/mol. The van der Waals surface area contributed by atoms with E-state index in [9.17, 15) is 4.79 Å². The van der Waals surface area contributed by atoms with Gasteiger partial charge in [0.05, 0.1) is 18.0 Å². The first-order valence-electron chi connectivity index (χ1n) is 6.69. The number of hydrogen-bond donors (Lipinski definition) is 1. The maximum absolute atomic E-state index is 11.8. The van der Waals surface area contributed by atoms with Crippen molar-refractivity contribution in [3.8, 4) is 10.7 Å². The van der Waals surface area contributed by atoms with Crippen LogP contribution in [-0.2, 0) is 11.3 Å². The van der Waals surface area contributed by atoms with Gasteiger partial charge in [0, 0.05) is 5.54 Å². The zero-order valence-corrected chi connectivity index (χ0v) is 13.5. The molecule has 1 N–H and O–H groups in total. The summed E-state index contributed by atoms with van der Waals surface area (Å²) in [6.45, 7) is 6.59. The average molecular weight is 308 g/mol. The van der Waals surface area contributed by atoms with Crippen molar-refractivity contribution < 1.29 is 9.32 Å². The van der Waals surface area contributed by atoms with Crippen LogP contribution < -0.4 is 5.32 Å². The molecule has 0 fully saturated rings. The van der Waals surface area contributed by atoms with Crippen LogP contribution in [0.1, 0.15) is 26.7 Å². The summed E-state index contributed by atoms with van der Waals surface area (Å²) in [5.74, 6) is 1.07. The Morgan fingerprint density at radius 1 is 1.48 bits per heavy atom. The molecule has 0 atom stereocenters. The first-order chi connectivity index (χ1) is 9.83. The molecule has 114 valence electrons. The highest BCUT2D eigenvalue weighted by molar-refractivity contribution is 7.13. The minimum Gasteiger partial charge on any atom is -0.350 e. The minimum atomic E-state index is -0.227. The fourth-order valence-corrected chi connectivity index (χ4v) is 2.46. The Morgan fingerprint density at radius 3 is 2.86 bits per heavy atom. The van der Waals surface area contributed by atoms with Gasteiger partial charge in [0.2, 0.25) is 17.6 Å². The maximum Gasteiger partial charge on any atom is 0.241 e. The molecule has 0 saturated carbocycles. The lowest BCUT2D eigenvalue weighted by Gasteiger charge is -2.22. The van der Waals surface area contributed by atoms with Gasteiger partial charge in [-0.2, -0.15) is 4.98 Å². The Bertz CT molecular complexity index is 586. The van der Waals surface area contributed by atoms with Gasteiger partial charge in [0.1, 0.15) is 0 Å². The van der Waals surface area contributed by atoms with Gasteiger partial charge in [-0.05, 0) is 39.3 Å². The van der Waals surface area contributed by atoms with Crippen molar-refractivity contribution in [1.82, 2.24) is 20.4 Å². The number of amides is 1. The van der Waals surface area contributed by atoms with Gasteiger partial charge in [-0.3, -0.25) is 9.69 Å². The van der Waals surface area contributed by atoms with Gasteiger partial charge < -0.3 is 9.84 Å². The molecule has 0 radical (unpaired) electrons. The third-order valence-corrected chi connectivity index (χ3v) is 3.41. The second-order valence-electron chi connectivity index (χ2n) is 5.96. The van der Waals surface area contributed by atoms with Crippen molar-refractivity contribution >= 4 is 17.2 Å². The highest BCUT2D eigenvalue weighted by Gasteiger charge is 2.17. The Morgan fingerprint density at radius 2 is 2.24 bits per heavy atom. The van der Waals surface area contributed by atoms with Gasteiger partial charge in [0.25, 0.3) is 0 Å². The number of nitrogens with one attached hydrogen (secondary N) is 1. The first-order valence-corrected chi connectivity index (χ1v) is 7.57. The molecule has 6 nitrogen and oxygen atoms in total. The van der Waals surface area contributed by atoms with E-state index in [1.54, 1.807) is 11.3 Å². The summed E-state index contributed by atoms with van der Waals surface area (Å²) in [4.78, 5) is 19.0. The molecule has 0 aromatic carbocycles. The van der Waals surface area contributed by atoms with E-state index in [2.05, 4.69) is 15.5 Å². The standard InChI is InChI=1S/C14H20N4O2S/c1-14(2,3)16-11(19)8-18(4)9-12-15-13(17-20-12)10-6-5-7-21-10/h5-7H,8-9H2,1-4H3,(H,16,19). The third kappa shape index (κ3) is 4.95. The van der Waals surface area contributed by atoms with Crippen LogP contribution in [0.5, 0.6) is 0 Å². The second kappa shape index (κ2) is 6.36. The zero-order valence-electron chi connectivity index (χ0n) is 12.7. The fraction of sp³-hybridized carbons (Fsp3) is 0.500. The molecule has 2 rings (SSSR count). The molecule has 0 aliphatic rings. The smallest absolute Gasteiger partial charge is 0.241 e. The zero-order chi connectivity index (χ0) is 15.5. The lowest BCUT2D eigenvalue weighted by molar-refractivity contribution is -0.123. The van der Waals surface area contributed by atoms with Gasteiger partial charge in [-0.15, -0.1) is 11.3 Å². The van der Waals surface area contributed by atoms with E-state index in [1.807, 2.05) is 50.2 Å². The number of nitrogens with zero attached hydrogens (tertiary/aromatic N) is 3. The van der Waals surface area contributed by atoms with Crippen LogP contribution in [0.4, 0.5) is 0 Å². The molecule has 0 bridgehead atoms. The normalized spacial score (nSPS) is 11.9. The Kier molecular flexibility index (Phi) is 4.74. The molecule has 2 aromatic rings. The van der Waals surface area contributed by atoms with Gasteiger partial charge in [-0.1, -0.05) is 11.2 Å². The molecular formula is C14H20N4O2S. The maximum atomic E-state index is 11.8. The third-order valence-electron chi connectivity index (χ3n) is 2.54. The van der Waals surface area contributed by atoms with E-state index in [0.717, 1.165) is 4.88 Å². The van der Waals surface area contributed by atoms with Crippen molar-refractivity contribution in [2.45, 2.75) is 32.9 Å². The van der Waals surface area contributed by atoms with Crippen molar-refractivity contribution in [3.05, 3.63) is 23.4 Å². The molecule has 7 heteroatoms. The number of rotatable bonds is 5. The van der Waals surface area contributed by atoms with Crippen LogP contribution in [0.3, 0.4) is 0 Å². The van der Waals surface area contributed by atoms with E-state index in [4.69, 9.17) is 4.52 Å². The van der Waals surface area contributed by atoms with Crippen molar-refractivity contribution in [2.75, 3.05) is 13.6 Å². The van der Waals surface area contributed by atoms with Crippen LogP contribution in [0, 0.1) is 0 Å². The topological polar surface area (TPSA) is 71.3 Å². The van der Waals surface area contributed by atoms with E-state index in [0.29, 0.717) is 18.3 Å². The monoisotopic (exact) mass is 308 g/mol. The lowest BCUT2D eigenvalue weighted by atomic mass is 10.1. The predicted octanol–water partition coefficient (Wildman–Crippen LogP) is 2.14. The minimum absolute atomic E-state index is 0.0250. The summed E-state index contributed by atoms with van der Waals surface area (Å²) >= 11 is 1.56. The summed E-state index contributed by atoms with van der Waals surface area (Å²) in [5.41, 5.74) is -0.227. The summed E-state index contributed by atoms with van der Waals surface area (Å²) in [6, 6.07) is 3.89. The molecule has 2 aromatic heterocycles. The summed E-state index contributed by atoms with van der Waals surface area (Å²) < 4.78 is 5.21. The highest BCUT2D eigenvalue weighted by atomic mass is 32.1. The van der Waals surface area contributed by atoms with Crippen LogP contribution in [0.2, 0.25) is 0 Å². The van der Waals surface area contributed by atoms with Crippen molar-refractivity contribution in [1.29, 1.82) is 0 Å². The Balaban J connectivity index is 1.88. The van der Waals surface area contributed by atoms with Crippen molar-refractivity contribution in [2.24, 2.45) is 0 Å². The molecular weight excluding hydrogens is 288 g/mol. The van der Waals surface area contributed by atoms with Gasteiger partial charge in [0.15, 0.2) is 0 Å². The van der Waals surface area contributed by atoms with Crippen molar-refractivity contribution in [3.63, 3.8) is 0 Å². The van der Waals surface area contributed by atoms with Crippen LogP contribution in [0.25, 0.3) is 10.7 Å². The number of carbonyl (C=O) groups excluding carboxylic acids is 1. The molecule has 2 heterocycles. The van der Waals surface area contributed by atoms with E-state index < -0.39 is 0 Å². The van der Waals surface area contributed by atoms with E-state index >= 15 is 0 Å². The van der Waals surface area contributed by atoms with E-state index in [1.165, 1.54) is 0 Å². The van der Waals surface area contributed by atoms with Gasteiger partial charge in [-0.25, -0.2) is 0 Å². The quantitative estimate of drug-likeness (QED) is 0.916. The van der Waals surface area contributed by atoms with Crippen LogP contribution >= 0.6 is 11.3 Å². The van der Waals surface area contributed by atoms with E-state index in [-0.39, 0.29) is 18.0 Å². The largest absolute Gasteiger partial charge is 0.350 e. The molecule has 21 heavy (non-hydrogen) atoms. The highest BCUT2D eigenvalue weighted by Crippen LogP contribution is 2.21. The van der Waals surface area contributed by atoms with Gasteiger partial charge >= 0.3 is 0 Å². The summed E-state index contributed by atoms with van der Waals surface area (Å²) in [6.07, 6.45) is 0. The number of carbonyl (C=O) groups is 1. The number of aromatic nitrogens is 2. The SMILES string of the molecule is CN(CC(=O)NC(C)(C)C)Cc1nc(-c2cccs2)no1. The molecule has 0 unspecified atom stereocenters. The fourth-order valence-electron chi connectivity index (χ4n) is 1.81.